The van der Waals surface area contributed by atoms with E-state index < -0.39 is 0 Å². The van der Waals surface area contributed by atoms with Crippen LogP contribution in [0, 0.1) is 11.3 Å². The molecule has 1 heterocycles. The molecular weight excluding hydrogens is 272 g/mol. The molecule has 0 bridgehead atoms. The van der Waals surface area contributed by atoms with Gasteiger partial charge in [0.1, 0.15) is 0 Å². The Bertz CT molecular complexity index is 358. The van der Waals surface area contributed by atoms with Gasteiger partial charge in [0.15, 0.2) is 0 Å². The monoisotopic (exact) mass is 300 g/mol. The van der Waals surface area contributed by atoms with Crippen LogP contribution in [0.3, 0.4) is 0 Å². The smallest absolute Gasteiger partial charge is 0.225 e. The molecule has 1 aliphatic rings. The number of carbonyl (C=O) groups is 2. The van der Waals surface area contributed by atoms with Crippen LogP contribution in [0.4, 0.5) is 0 Å². The molecule has 1 saturated heterocycles. The summed E-state index contributed by atoms with van der Waals surface area (Å²) < 4.78 is 4.96. The zero-order valence-corrected chi connectivity index (χ0v) is 13.4. The summed E-state index contributed by atoms with van der Waals surface area (Å²) in [6.07, 6.45) is 1.87. The van der Waals surface area contributed by atoms with Crippen molar-refractivity contribution < 1.29 is 19.4 Å². The zero-order valence-electron chi connectivity index (χ0n) is 13.4. The van der Waals surface area contributed by atoms with Gasteiger partial charge in [-0.15, -0.1) is 0 Å². The van der Waals surface area contributed by atoms with Gasteiger partial charge in [-0.25, -0.2) is 0 Å². The van der Waals surface area contributed by atoms with Crippen molar-refractivity contribution in [1.29, 1.82) is 0 Å². The standard InChI is InChI=1S/C15H28N2O4/c1-15(2,5-4-7-18)11-16-14(20)12-9-13(19)17(10-12)6-8-21-3/h12,18H,4-11H2,1-3H3,(H,16,20). The van der Waals surface area contributed by atoms with Gasteiger partial charge in [0.05, 0.1) is 12.5 Å². The lowest BCUT2D eigenvalue weighted by molar-refractivity contribution is -0.129. The fourth-order valence-corrected chi connectivity index (χ4v) is 2.48. The number of hydrogen-bond acceptors (Lipinski definition) is 4. The number of hydrogen-bond donors (Lipinski definition) is 2. The number of carbonyl (C=O) groups excluding carboxylic acids is 2. The number of likely N-dealkylation sites (tertiary alicyclic amines) is 1. The molecule has 122 valence electrons. The summed E-state index contributed by atoms with van der Waals surface area (Å²) in [5.41, 5.74) is -0.0449. The van der Waals surface area contributed by atoms with Crippen molar-refractivity contribution in [1.82, 2.24) is 10.2 Å². The molecule has 0 aromatic rings. The number of aliphatic hydroxyl groups excluding tert-OH is 1. The number of nitrogens with one attached hydrogen (secondary N) is 1. The van der Waals surface area contributed by atoms with Crippen LogP contribution in [-0.2, 0) is 14.3 Å². The molecule has 0 radical (unpaired) electrons. The van der Waals surface area contributed by atoms with Gasteiger partial charge in [0.25, 0.3) is 0 Å². The number of amides is 2. The largest absolute Gasteiger partial charge is 0.396 e. The van der Waals surface area contributed by atoms with Crippen LogP contribution in [0.1, 0.15) is 33.1 Å². The summed E-state index contributed by atoms with van der Waals surface area (Å²) in [7, 11) is 1.60. The topological polar surface area (TPSA) is 78.9 Å². The van der Waals surface area contributed by atoms with E-state index in [0.29, 0.717) is 26.2 Å². The van der Waals surface area contributed by atoms with Crippen LogP contribution in [0.5, 0.6) is 0 Å². The predicted molar refractivity (Wildman–Crippen MR) is 79.7 cm³/mol. The van der Waals surface area contributed by atoms with Crippen LogP contribution < -0.4 is 5.32 Å². The van der Waals surface area contributed by atoms with Gasteiger partial charge in [-0.05, 0) is 18.3 Å². The van der Waals surface area contributed by atoms with Gasteiger partial charge < -0.3 is 20.1 Å². The third-order valence-corrected chi connectivity index (χ3v) is 3.90. The van der Waals surface area contributed by atoms with Crippen LogP contribution >= 0.6 is 0 Å². The highest BCUT2D eigenvalue weighted by Crippen LogP contribution is 2.22. The van der Waals surface area contributed by atoms with Crippen LogP contribution in [0.15, 0.2) is 0 Å². The number of nitrogens with zero attached hydrogens (tertiary/aromatic N) is 1. The predicted octanol–water partition coefficient (Wildman–Crippen LogP) is 0.396. The minimum absolute atomic E-state index is 0.0201. The summed E-state index contributed by atoms with van der Waals surface area (Å²) in [6.45, 7) is 6.37. The Morgan fingerprint density at radius 1 is 1.52 bits per heavy atom. The highest BCUT2D eigenvalue weighted by Gasteiger charge is 2.34. The fourth-order valence-electron chi connectivity index (χ4n) is 2.48. The summed E-state index contributed by atoms with van der Waals surface area (Å²) in [4.78, 5) is 25.6. The highest BCUT2D eigenvalue weighted by molar-refractivity contribution is 5.89. The first-order chi connectivity index (χ1) is 9.89. The van der Waals surface area contributed by atoms with E-state index in [1.54, 1.807) is 12.0 Å². The Labute approximate surface area is 126 Å². The van der Waals surface area contributed by atoms with Gasteiger partial charge >= 0.3 is 0 Å². The Balaban J connectivity index is 2.37. The first kappa shape index (κ1) is 17.9. The first-order valence-electron chi connectivity index (χ1n) is 7.55. The normalized spacial score (nSPS) is 19.1. The van der Waals surface area contributed by atoms with Crippen molar-refractivity contribution in [2.24, 2.45) is 11.3 Å². The minimum Gasteiger partial charge on any atom is -0.396 e. The lowest BCUT2D eigenvalue weighted by atomic mass is 9.87. The molecule has 2 N–H and O–H groups in total. The maximum atomic E-state index is 12.2. The van der Waals surface area contributed by atoms with Crippen molar-refractivity contribution in [3.05, 3.63) is 0 Å². The quantitative estimate of drug-likeness (QED) is 0.646. The Kier molecular flexibility index (Phi) is 7.11. The lowest BCUT2D eigenvalue weighted by Crippen LogP contribution is -2.39. The Morgan fingerprint density at radius 3 is 2.86 bits per heavy atom. The molecule has 0 aromatic carbocycles. The van der Waals surface area contributed by atoms with E-state index in [-0.39, 0.29) is 36.2 Å². The van der Waals surface area contributed by atoms with Crippen LogP contribution in [-0.4, -0.2) is 61.8 Å². The molecule has 1 aliphatic heterocycles. The van der Waals surface area contributed by atoms with E-state index in [0.717, 1.165) is 12.8 Å². The molecule has 0 aliphatic carbocycles. The molecule has 0 aromatic heterocycles. The summed E-state index contributed by atoms with van der Waals surface area (Å²) in [6, 6.07) is 0. The zero-order chi connectivity index (χ0) is 15.9. The molecule has 6 nitrogen and oxygen atoms in total. The molecule has 1 rings (SSSR count). The van der Waals surface area contributed by atoms with E-state index in [1.165, 1.54) is 0 Å². The average molecular weight is 300 g/mol. The third-order valence-electron chi connectivity index (χ3n) is 3.90. The van der Waals surface area contributed by atoms with Crippen molar-refractivity contribution >= 4 is 11.8 Å². The molecule has 2 amide bonds. The molecule has 1 atom stereocenters. The van der Waals surface area contributed by atoms with E-state index in [4.69, 9.17) is 9.84 Å². The van der Waals surface area contributed by atoms with E-state index >= 15 is 0 Å². The summed E-state index contributed by atoms with van der Waals surface area (Å²) >= 11 is 0. The van der Waals surface area contributed by atoms with Gasteiger partial charge in [0, 0.05) is 39.8 Å². The van der Waals surface area contributed by atoms with E-state index in [2.05, 4.69) is 19.2 Å². The average Bonchev–Trinajstić information content (AvgIpc) is 2.82. The minimum atomic E-state index is -0.261. The van der Waals surface area contributed by atoms with Crippen LogP contribution in [0.25, 0.3) is 0 Å². The second-order valence-electron chi connectivity index (χ2n) is 6.44. The molecule has 0 saturated carbocycles. The molecule has 0 spiro atoms. The van der Waals surface area contributed by atoms with Gasteiger partial charge in [-0.1, -0.05) is 13.8 Å². The van der Waals surface area contributed by atoms with Crippen molar-refractivity contribution in [3.8, 4) is 0 Å². The molecule has 1 fully saturated rings. The summed E-state index contributed by atoms with van der Waals surface area (Å²) in [5, 5.41) is 11.8. The molecular formula is C15H28N2O4. The SMILES string of the molecule is COCCN1CC(C(=O)NCC(C)(C)CCCO)CC1=O. The summed E-state index contributed by atoms with van der Waals surface area (Å²) in [5.74, 6) is -0.296. The number of ether oxygens (including phenoxy) is 1. The van der Waals surface area contributed by atoms with Crippen molar-refractivity contribution in [3.63, 3.8) is 0 Å². The van der Waals surface area contributed by atoms with Crippen LogP contribution in [0.2, 0.25) is 0 Å². The number of methoxy groups -OCH3 is 1. The van der Waals surface area contributed by atoms with Crippen molar-refractivity contribution in [2.45, 2.75) is 33.1 Å². The van der Waals surface area contributed by atoms with Gasteiger partial charge in [0.2, 0.25) is 11.8 Å². The fraction of sp³-hybridized carbons (Fsp3) is 0.867. The molecule has 1 unspecified atom stereocenters. The second-order valence-corrected chi connectivity index (χ2v) is 6.44. The van der Waals surface area contributed by atoms with Gasteiger partial charge in [-0.2, -0.15) is 0 Å². The van der Waals surface area contributed by atoms with Gasteiger partial charge in [-0.3, -0.25) is 9.59 Å². The second kappa shape index (κ2) is 8.34. The van der Waals surface area contributed by atoms with E-state index in [1.807, 2.05) is 0 Å². The lowest BCUT2D eigenvalue weighted by Gasteiger charge is -2.25. The first-order valence-corrected chi connectivity index (χ1v) is 7.55. The number of rotatable bonds is 9. The Morgan fingerprint density at radius 2 is 2.24 bits per heavy atom. The molecule has 21 heavy (non-hydrogen) atoms. The maximum absolute atomic E-state index is 12.2. The molecule has 6 heteroatoms. The van der Waals surface area contributed by atoms with Crippen molar-refractivity contribution in [2.75, 3.05) is 40.0 Å². The third kappa shape index (κ3) is 6.01. The highest BCUT2D eigenvalue weighted by atomic mass is 16.5. The van der Waals surface area contributed by atoms with E-state index in [9.17, 15) is 9.59 Å². The Hall–Kier alpha value is -1.14. The number of aliphatic hydroxyl groups is 1. The maximum Gasteiger partial charge on any atom is 0.225 e.